The molecular weight excluding hydrogens is 294 g/mol. The van der Waals surface area contributed by atoms with Crippen LogP contribution in [0.1, 0.15) is 36.2 Å². The normalized spacial score (nSPS) is 17.9. The van der Waals surface area contributed by atoms with Crippen LogP contribution in [-0.4, -0.2) is 43.2 Å². The fourth-order valence-corrected chi connectivity index (χ4v) is 3.37. The number of hydrogen-bond donors (Lipinski definition) is 3. The lowest BCUT2D eigenvalue weighted by molar-refractivity contribution is 0.0448. The van der Waals surface area contributed by atoms with Crippen molar-refractivity contribution >= 4 is 15.9 Å². The van der Waals surface area contributed by atoms with Crippen LogP contribution in [0.5, 0.6) is 0 Å². The number of nitrogens with zero attached hydrogens (tertiary/aromatic N) is 1. The molecule has 1 aliphatic carbocycles. The molecule has 1 heterocycles. The first-order valence-electron chi connectivity index (χ1n) is 6.88. The van der Waals surface area contributed by atoms with E-state index in [1.165, 1.54) is 23.9 Å². The molecule has 1 aliphatic rings. The minimum absolute atomic E-state index is 0.0391. The van der Waals surface area contributed by atoms with E-state index in [-0.39, 0.29) is 17.1 Å². The van der Waals surface area contributed by atoms with Gasteiger partial charge in [-0.2, -0.15) is 0 Å². The maximum Gasteiger partial charge on any atom is 0.268 e. The molecule has 1 aromatic rings. The zero-order chi connectivity index (χ0) is 15.7. The van der Waals surface area contributed by atoms with Crippen LogP contribution in [0.25, 0.3) is 0 Å². The van der Waals surface area contributed by atoms with Gasteiger partial charge in [0.05, 0.1) is 5.60 Å². The number of aryl methyl sites for hydroxylation is 1. The van der Waals surface area contributed by atoms with Gasteiger partial charge in [-0.1, -0.05) is 12.8 Å². The highest BCUT2D eigenvalue weighted by Gasteiger charge is 2.31. The summed E-state index contributed by atoms with van der Waals surface area (Å²) in [6.07, 6.45) is 4.66. The number of carbonyl (C=O) groups excluding carboxylic acids is 1. The molecule has 0 saturated heterocycles. The van der Waals surface area contributed by atoms with Crippen molar-refractivity contribution in [3.8, 4) is 0 Å². The standard InChI is InChI=1S/C13H21N3O4S/c1-14-21(19,20)10-7-11(16(2)8-10)12(17)15-9-13(18)5-3-4-6-13/h7-8,14,18H,3-6,9H2,1-2H3,(H,15,17). The van der Waals surface area contributed by atoms with Crippen molar-refractivity contribution in [3.63, 3.8) is 0 Å². The summed E-state index contributed by atoms with van der Waals surface area (Å²) in [5.74, 6) is -0.393. The Hall–Kier alpha value is -1.38. The number of rotatable bonds is 5. The number of amides is 1. The van der Waals surface area contributed by atoms with E-state index in [1.54, 1.807) is 7.05 Å². The largest absolute Gasteiger partial charge is 0.388 e. The molecule has 1 aromatic heterocycles. The van der Waals surface area contributed by atoms with Gasteiger partial charge >= 0.3 is 0 Å². The van der Waals surface area contributed by atoms with Gasteiger partial charge in [0, 0.05) is 19.8 Å². The van der Waals surface area contributed by atoms with Crippen LogP contribution in [0.3, 0.4) is 0 Å². The lowest BCUT2D eigenvalue weighted by Crippen LogP contribution is -2.41. The Balaban J connectivity index is 2.09. The van der Waals surface area contributed by atoms with Crippen molar-refractivity contribution in [2.24, 2.45) is 7.05 Å². The molecule has 1 fully saturated rings. The average molecular weight is 315 g/mol. The highest BCUT2D eigenvalue weighted by molar-refractivity contribution is 7.89. The fourth-order valence-electron chi connectivity index (χ4n) is 2.57. The van der Waals surface area contributed by atoms with E-state index in [1.807, 2.05) is 0 Å². The van der Waals surface area contributed by atoms with E-state index in [0.717, 1.165) is 12.8 Å². The minimum atomic E-state index is -3.58. The van der Waals surface area contributed by atoms with Gasteiger partial charge in [0.1, 0.15) is 10.6 Å². The zero-order valence-corrected chi connectivity index (χ0v) is 13.0. The highest BCUT2D eigenvalue weighted by Crippen LogP contribution is 2.28. The van der Waals surface area contributed by atoms with Gasteiger partial charge in [0.2, 0.25) is 10.0 Å². The summed E-state index contributed by atoms with van der Waals surface area (Å²) >= 11 is 0. The minimum Gasteiger partial charge on any atom is -0.388 e. The third kappa shape index (κ3) is 3.45. The molecule has 1 amide bonds. The maximum atomic E-state index is 12.1. The van der Waals surface area contributed by atoms with Crippen LogP contribution in [-0.2, 0) is 17.1 Å². The monoisotopic (exact) mass is 315 g/mol. The molecule has 21 heavy (non-hydrogen) atoms. The molecule has 3 N–H and O–H groups in total. The molecule has 0 radical (unpaired) electrons. The lowest BCUT2D eigenvalue weighted by atomic mass is 10.0. The van der Waals surface area contributed by atoms with Crippen molar-refractivity contribution in [1.29, 1.82) is 0 Å². The Bertz CT molecular complexity index is 630. The third-order valence-corrected chi connectivity index (χ3v) is 5.29. The Morgan fingerprint density at radius 1 is 1.43 bits per heavy atom. The quantitative estimate of drug-likeness (QED) is 0.710. The van der Waals surface area contributed by atoms with E-state index in [9.17, 15) is 18.3 Å². The Labute approximate surface area is 124 Å². The smallest absolute Gasteiger partial charge is 0.268 e. The van der Waals surface area contributed by atoms with Crippen molar-refractivity contribution < 1.29 is 18.3 Å². The second-order valence-electron chi connectivity index (χ2n) is 5.49. The topological polar surface area (TPSA) is 100 Å². The first-order valence-corrected chi connectivity index (χ1v) is 8.36. The Morgan fingerprint density at radius 2 is 2.05 bits per heavy atom. The Morgan fingerprint density at radius 3 is 2.62 bits per heavy atom. The number of hydrogen-bond acceptors (Lipinski definition) is 4. The molecule has 2 rings (SSSR count). The summed E-state index contributed by atoms with van der Waals surface area (Å²) in [4.78, 5) is 12.2. The highest BCUT2D eigenvalue weighted by atomic mass is 32.2. The van der Waals surface area contributed by atoms with E-state index >= 15 is 0 Å². The summed E-state index contributed by atoms with van der Waals surface area (Å²) in [5.41, 5.74) is -0.592. The van der Waals surface area contributed by atoms with Crippen LogP contribution < -0.4 is 10.0 Å². The average Bonchev–Trinajstić information content (AvgIpc) is 3.03. The SMILES string of the molecule is CNS(=O)(=O)c1cc(C(=O)NCC2(O)CCCC2)n(C)c1. The van der Waals surface area contributed by atoms with Crippen LogP contribution in [0, 0.1) is 0 Å². The molecule has 7 nitrogen and oxygen atoms in total. The zero-order valence-electron chi connectivity index (χ0n) is 12.2. The van der Waals surface area contributed by atoms with Crippen molar-refractivity contribution in [2.45, 2.75) is 36.2 Å². The second-order valence-corrected chi connectivity index (χ2v) is 7.38. The summed E-state index contributed by atoms with van der Waals surface area (Å²) in [5, 5.41) is 12.9. The van der Waals surface area contributed by atoms with Crippen LogP contribution in [0.15, 0.2) is 17.2 Å². The van der Waals surface area contributed by atoms with E-state index in [0.29, 0.717) is 12.8 Å². The second kappa shape index (κ2) is 5.78. The molecule has 1 saturated carbocycles. The first kappa shape index (κ1) is 16.0. The van der Waals surface area contributed by atoms with Gasteiger partial charge < -0.3 is 15.0 Å². The number of aromatic nitrogens is 1. The van der Waals surface area contributed by atoms with Gasteiger partial charge in [0.25, 0.3) is 5.91 Å². The van der Waals surface area contributed by atoms with Crippen molar-refractivity contribution in [3.05, 3.63) is 18.0 Å². The van der Waals surface area contributed by atoms with Crippen LogP contribution >= 0.6 is 0 Å². The first-order chi connectivity index (χ1) is 9.77. The summed E-state index contributed by atoms with van der Waals surface area (Å²) in [7, 11) is -0.654. The molecule has 0 aromatic carbocycles. The fraction of sp³-hybridized carbons (Fsp3) is 0.615. The predicted octanol–water partition coefficient (Wildman–Crippen LogP) is -0.0319. The number of aliphatic hydroxyl groups is 1. The predicted molar refractivity (Wildman–Crippen MR) is 77.4 cm³/mol. The summed E-state index contributed by atoms with van der Waals surface area (Å²) in [6.45, 7) is 0.186. The summed E-state index contributed by atoms with van der Waals surface area (Å²) < 4.78 is 27.1. The molecule has 0 spiro atoms. The number of sulfonamides is 1. The number of nitrogens with one attached hydrogen (secondary N) is 2. The molecule has 0 atom stereocenters. The van der Waals surface area contributed by atoms with Gasteiger partial charge in [-0.25, -0.2) is 13.1 Å². The molecular formula is C13H21N3O4S. The van der Waals surface area contributed by atoms with E-state index < -0.39 is 21.5 Å². The van der Waals surface area contributed by atoms with E-state index in [4.69, 9.17) is 0 Å². The third-order valence-electron chi connectivity index (χ3n) is 3.90. The van der Waals surface area contributed by atoms with Gasteiger partial charge in [-0.05, 0) is 26.0 Å². The van der Waals surface area contributed by atoms with Crippen LogP contribution in [0.4, 0.5) is 0 Å². The lowest BCUT2D eigenvalue weighted by Gasteiger charge is -2.22. The van der Waals surface area contributed by atoms with Gasteiger partial charge in [-0.15, -0.1) is 0 Å². The molecule has 118 valence electrons. The van der Waals surface area contributed by atoms with Gasteiger partial charge in [0.15, 0.2) is 0 Å². The summed E-state index contributed by atoms with van der Waals surface area (Å²) in [6, 6.07) is 1.32. The molecule has 0 aliphatic heterocycles. The Kier molecular flexibility index (Phi) is 4.40. The molecule has 0 bridgehead atoms. The maximum absolute atomic E-state index is 12.1. The van der Waals surface area contributed by atoms with Crippen molar-refractivity contribution in [1.82, 2.24) is 14.6 Å². The van der Waals surface area contributed by atoms with Gasteiger partial charge in [-0.3, -0.25) is 4.79 Å². The molecule has 0 unspecified atom stereocenters. The van der Waals surface area contributed by atoms with Crippen LogP contribution in [0.2, 0.25) is 0 Å². The number of carbonyl (C=O) groups is 1. The molecule has 8 heteroatoms. The van der Waals surface area contributed by atoms with Crippen molar-refractivity contribution in [2.75, 3.05) is 13.6 Å². The van der Waals surface area contributed by atoms with E-state index in [2.05, 4.69) is 10.0 Å².